The van der Waals surface area contributed by atoms with Crippen molar-refractivity contribution in [1.29, 1.82) is 0 Å². The van der Waals surface area contributed by atoms with Gasteiger partial charge in [0, 0.05) is 23.4 Å². The lowest BCUT2D eigenvalue weighted by Crippen LogP contribution is -2.26. The van der Waals surface area contributed by atoms with Crippen LogP contribution in [0, 0.1) is 19.7 Å². The van der Waals surface area contributed by atoms with Crippen LogP contribution < -0.4 is 10.6 Å². The van der Waals surface area contributed by atoms with Crippen molar-refractivity contribution >= 4 is 17.5 Å². The molecule has 0 aliphatic heterocycles. The number of halogens is 1. The molecule has 0 heterocycles. The molecule has 0 atom stereocenters. The van der Waals surface area contributed by atoms with Crippen molar-refractivity contribution < 1.29 is 14.0 Å². The molecule has 0 unspecified atom stereocenters. The highest BCUT2D eigenvalue weighted by molar-refractivity contribution is 6.06. The molecular formula is C24H23FN2O2. The Morgan fingerprint density at radius 3 is 2.34 bits per heavy atom. The number of hydrogen-bond acceptors (Lipinski definition) is 2. The standard InChI is InChI=1S/C24H23FN2O2/c1-16-10-11-17(2)22(14-16)27-24(29)20-8-5-7-19(15-20)23(28)26-13-12-18-6-3-4-9-21(18)25/h3-11,14-15H,12-13H2,1-2H3,(H,26,28)(H,27,29). The molecule has 29 heavy (non-hydrogen) atoms. The molecule has 3 aromatic carbocycles. The number of nitrogens with one attached hydrogen (secondary N) is 2. The van der Waals surface area contributed by atoms with Crippen LogP contribution in [-0.4, -0.2) is 18.4 Å². The van der Waals surface area contributed by atoms with Gasteiger partial charge in [0.25, 0.3) is 11.8 Å². The zero-order valence-corrected chi connectivity index (χ0v) is 16.5. The lowest BCUT2D eigenvalue weighted by atomic mass is 10.1. The van der Waals surface area contributed by atoms with E-state index in [2.05, 4.69) is 10.6 Å². The summed E-state index contributed by atoms with van der Waals surface area (Å²) >= 11 is 0. The summed E-state index contributed by atoms with van der Waals surface area (Å²) in [5.74, 6) is -0.866. The van der Waals surface area contributed by atoms with Crippen LogP contribution in [0.4, 0.5) is 10.1 Å². The Hall–Kier alpha value is -3.47. The van der Waals surface area contributed by atoms with Crippen LogP contribution in [-0.2, 0) is 6.42 Å². The minimum absolute atomic E-state index is 0.278. The summed E-state index contributed by atoms with van der Waals surface area (Å²) in [4.78, 5) is 25.0. The monoisotopic (exact) mass is 390 g/mol. The smallest absolute Gasteiger partial charge is 0.255 e. The minimum atomic E-state index is -0.303. The quantitative estimate of drug-likeness (QED) is 0.643. The molecule has 3 rings (SSSR count). The first-order valence-corrected chi connectivity index (χ1v) is 9.44. The molecule has 0 bridgehead atoms. The average Bonchev–Trinajstić information content (AvgIpc) is 2.72. The van der Waals surface area contributed by atoms with Crippen LogP contribution >= 0.6 is 0 Å². The van der Waals surface area contributed by atoms with Gasteiger partial charge in [-0.15, -0.1) is 0 Å². The molecule has 0 saturated heterocycles. The molecule has 148 valence electrons. The average molecular weight is 390 g/mol. The highest BCUT2D eigenvalue weighted by atomic mass is 19.1. The summed E-state index contributed by atoms with van der Waals surface area (Å²) in [6, 6.07) is 18.9. The van der Waals surface area contributed by atoms with E-state index in [0.717, 1.165) is 16.8 Å². The van der Waals surface area contributed by atoms with Gasteiger partial charge in [-0.1, -0.05) is 36.4 Å². The molecule has 2 amide bonds. The maximum Gasteiger partial charge on any atom is 0.255 e. The second kappa shape index (κ2) is 9.15. The summed E-state index contributed by atoms with van der Waals surface area (Å²) in [5.41, 5.74) is 4.09. The third-order valence-corrected chi connectivity index (χ3v) is 4.67. The third kappa shape index (κ3) is 5.29. The fourth-order valence-electron chi connectivity index (χ4n) is 2.98. The lowest BCUT2D eigenvalue weighted by molar-refractivity contribution is 0.0954. The van der Waals surface area contributed by atoms with Gasteiger partial charge in [0.05, 0.1) is 0 Å². The second-order valence-corrected chi connectivity index (χ2v) is 6.95. The Kier molecular flexibility index (Phi) is 6.39. The first kappa shape index (κ1) is 20.3. The van der Waals surface area contributed by atoms with Crippen LogP contribution in [0.2, 0.25) is 0 Å². The summed E-state index contributed by atoms with van der Waals surface area (Å²) in [6.07, 6.45) is 0.394. The Morgan fingerprint density at radius 2 is 1.59 bits per heavy atom. The fourth-order valence-corrected chi connectivity index (χ4v) is 2.98. The number of amides is 2. The van der Waals surface area contributed by atoms with Crippen LogP contribution in [0.3, 0.4) is 0 Å². The van der Waals surface area contributed by atoms with Crippen molar-refractivity contribution in [2.75, 3.05) is 11.9 Å². The molecule has 0 saturated carbocycles. The number of aryl methyl sites for hydroxylation is 2. The van der Waals surface area contributed by atoms with Crippen LogP contribution in [0.15, 0.2) is 66.7 Å². The molecule has 0 spiro atoms. The van der Waals surface area contributed by atoms with E-state index in [1.807, 2.05) is 32.0 Å². The van der Waals surface area contributed by atoms with E-state index in [-0.39, 0.29) is 17.6 Å². The van der Waals surface area contributed by atoms with Gasteiger partial charge in [0.15, 0.2) is 0 Å². The summed E-state index contributed by atoms with van der Waals surface area (Å²) < 4.78 is 13.7. The maximum atomic E-state index is 13.7. The number of benzene rings is 3. The molecule has 3 aromatic rings. The normalized spacial score (nSPS) is 10.4. The Bertz CT molecular complexity index is 1050. The van der Waals surface area contributed by atoms with Crippen LogP contribution in [0.5, 0.6) is 0 Å². The number of anilines is 1. The zero-order valence-electron chi connectivity index (χ0n) is 16.5. The van der Waals surface area contributed by atoms with Crippen molar-refractivity contribution in [3.8, 4) is 0 Å². The molecule has 4 nitrogen and oxygen atoms in total. The van der Waals surface area contributed by atoms with Gasteiger partial charge in [0.2, 0.25) is 0 Å². The maximum absolute atomic E-state index is 13.7. The van der Waals surface area contributed by atoms with Gasteiger partial charge in [-0.3, -0.25) is 9.59 Å². The molecule has 0 aliphatic carbocycles. The van der Waals surface area contributed by atoms with E-state index < -0.39 is 0 Å². The topological polar surface area (TPSA) is 58.2 Å². The van der Waals surface area contributed by atoms with Gasteiger partial charge >= 0.3 is 0 Å². The highest BCUT2D eigenvalue weighted by Crippen LogP contribution is 2.18. The van der Waals surface area contributed by atoms with E-state index >= 15 is 0 Å². The van der Waals surface area contributed by atoms with Crippen molar-refractivity contribution in [2.45, 2.75) is 20.3 Å². The van der Waals surface area contributed by atoms with E-state index in [1.54, 1.807) is 42.5 Å². The number of carbonyl (C=O) groups is 2. The molecular weight excluding hydrogens is 367 g/mol. The van der Waals surface area contributed by atoms with Gasteiger partial charge in [-0.05, 0) is 67.3 Å². The number of carbonyl (C=O) groups excluding carboxylic acids is 2. The van der Waals surface area contributed by atoms with Crippen LogP contribution in [0.1, 0.15) is 37.4 Å². The summed E-state index contributed by atoms with van der Waals surface area (Å²) in [7, 11) is 0. The molecule has 0 fully saturated rings. The molecule has 5 heteroatoms. The first-order chi connectivity index (χ1) is 13.9. The Balaban J connectivity index is 1.63. The van der Waals surface area contributed by atoms with E-state index in [9.17, 15) is 14.0 Å². The Labute approximate surface area is 169 Å². The van der Waals surface area contributed by atoms with Crippen molar-refractivity contribution in [3.05, 3.63) is 100 Å². The lowest BCUT2D eigenvalue weighted by Gasteiger charge is -2.11. The molecule has 0 radical (unpaired) electrons. The van der Waals surface area contributed by atoms with Gasteiger partial charge in [-0.2, -0.15) is 0 Å². The van der Waals surface area contributed by atoms with Gasteiger partial charge in [-0.25, -0.2) is 4.39 Å². The van der Waals surface area contributed by atoms with Crippen molar-refractivity contribution in [1.82, 2.24) is 5.32 Å². The van der Waals surface area contributed by atoms with E-state index in [0.29, 0.717) is 29.7 Å². The van der Waals surface area contributed by atoms with Gasteiger partial charge < -0.3 is 10.6 Å². The predicted molar refractivity (Wildman–Crippen MR) is 113 cm³/mol. The van der Waals surface area contributed by atoms with Crippen molar-refractivity contribution in [2.24, 2.45) is 0 Å². The SMILES string of the molecule is Cc1ccc(C)c(NC(=O)c2cccc(C(=O)NCCc3ccccc3F)c2)c1. The fraction of sp³-hybridized carbons (Fsp3) is 0.167. The van der Waals surface area contributed by atoms with E-state index in [1.165, 1.54) is 6.07 Å². The minimum Gasteiger partial charge on any atom is -0.352 e. The summed E-state index contributed by atoms with van der Waals surface area (Å²) in [5, 5.41) is 5.66. The largest absolute Gasteiger partial charge is 0.352 e. The molecule has 2 N–H and O–H groups in total. The van der Waals surface area contributed by atoms with Crippen LogP contribution in [0.25, 0.3) is 0 Å². The first-order valence-electron chi connectivity index (χ1n) is 9.44. The van der Waals surface area contributed by atoms with Crippen molar-refractivity contribution in [3.63, 3.8) is 0 Å². The molecule has 0 aliphatic rings. The molecule has 0 aromatic heterocycles. The Morgan fingerprint density at radius 1 is 0.862 bits per heavy atom. The highest BCUT2D eigenvalue weighted by Gasteiger charge is 2.12. The summed E-state index contributed by atoms with van der Waals surface area (Å²) in [6.45, 7) is 4.19. The number of hydrogen-bond donors (Lipinski definition) is 2. The van der Waals surface area contributed by atoms with E-state index in [4.69, 9.17) is 0 Å². The number of rotatable bonds is 6. The van der Waals surface area contributed by atoms with Gasteiger partial charge in [0.1, 0.15) is 5.82 Å². The third-order valence-electron chi connectivity index (χ3n) is 4.67. The second-order valence-electron chi connectivity index (χ2n) is 6.95. The zero-order chi connectivity index (χ0) is 20.8. The predicted octanol–water partition coefficient (Wildman–Crippen LogP) is 4.67.